The maximum atomic E-state index is 13.3. The van der Waals surface area contributed by atoms with E-state index in [4.69, 9.17) is 4.74 Å². The number of rotatable bonds is 5. The van der Waals surface area contributed by atoms with Gasteiger partial charge < -0.3 is 9.84 Å². The summed E-state index contributed by atoms with van der Waals surface area (Å²) in [6.45, 7) is 5.93. The highest BCUT2D eigenvalue weighted by Crippen LogP contribution is 2.31. The largest absolute Gasteiger partial charge is 0.457 e. The lowest BCUT2D eigenvalue weighted by molar-refractivity contribution is 0.195. The summed E-state index contributed by atoms with van der Waals surface area (Å²) in [4.78, 5) is 0. The maximum absolute atomic E-state index is 13.3. The molecule has 2 aromatic rings. The number of halogens is 1. The van der Waals surface area contributed by atoms with Crippen molar-refractivity contribution in [2.45, 2.75) is 39.2 Å². The van der Waals surface area contributed by atoms with Gasteiger partial charge in [0, 0.05) is 5.56 Å². The molecule has 2 atom stereocenters. The van der Waals surface area contributed by atoms with Crippen molar-refractivity contribution in [2.24, 2.45) is 0 Å². The van der Waals surface area contributed by atoms with E-state index in [1.165, 1.54) is 17.7 Å². The van der Waals surface area contributed by atoms with Gasteiger partial charge in [-0.25, -0.2) is 4.39 Å². The second kappa shape index (κ2) is 6.72. The van der Waals surface area contributed by atoms with Crippen LogP contribution in [0.4, 0.5) is 4.39 Å². The fourth-order valence-corrected chi connectivity index (χ4v) is 2.17. The van der Waals surface area contributed by atoms with Gasteiger partial charge in [0.15, 0.2) is 0 Å². The van der Waals surface area contributed by atoms with Crippen LogP contribution in [0.2, 0.25) is 0 Å². The van der Waals surface area contributed by atoms with Crippen molar-refractivity contribution >= 4 is 0 Å². The molecule has 2 aromatic carbocycles. The van der Waals surface area contributed by atoms with Crippen LogP contribution in [0.15, 0.2) is 42.5 Å². The average Bonchev–Trinajstić information content (AvgIpc) is 2.49. The molecule has 0 aromatic heterocycles. The van der Waals surface area contributed by atoms with Crippen LogP contribution < -0.4 is 4.74 Å². The van der Waals surface area contributed by atoms with Crippen LogP contribution in [0, 0.1) is 5.82 Å². The lowest BCUT2D eigenvalue weighted by Crippen LogP contribution is -1.97. The van der Waals surface area contributed by atoms with Crippen LogP contribution in [-0.4, -0.2) is 5.11 Å². The lowest BCUT2D eigenvalue weighted by atomic mass is 9.99. The molecule has 0 aliphatic rings. The summed E-state index contributed by atoms with van der Waals surface area (Å²) in [5.74, 6) is 1.28. The molecule has 0 aliphatic carbocycles. The van der Waals surface area contributed by atoms with Gasteiger partial charge >= 0.3 is 0 Å². The molecular weight excluding hydrogens is 267 g/mol. The van der Waals surface area contributed by atoms with E-state index in [0.717, 1.165) is 6.42 Å². The third-order valence-corrected chi connectivity index (χ3v) is 3.71. The van der Waals surface area contributed by atoms with E-state index in [9.17, 15) is 9.50 Å². The van der Waals surface area contributed by atoms with Gasteiger partial charge in [0.25, 0.3) is 0 Å². The molecule has 3 heteroatoms. The fraction of sp³-hybridized carbons (Fsp3) is 0.333. The van der Waals surface area contributed by atoms with Gasteiger partial charge in [0.1, 0.15) is 17.3 Å². The molecule has 2 nitrogen and oxygen atoms in total. The van der Waals surface area contributed by atoms with Crippen molar-refractivity contribution in [3.05, 3.63) is 59.4 Å². The topological polar surface area (TPSA) is 29.5 Å². The molecular formula is C18H21FO2. The molecule has 21 heavy (non-hydrogen) atoms. The minimum atomic E-state index is -0.782. The molecule has 1 unspecified atom stereocenters. The normalized spacial score (nSPS) is 13.8. The summed E-state index contributed by atoms with van der Waals surface area (Å²) < 4.78 is 19.0. The Hall–Kier alpha value is -1.87. The van der Waals surface area contributed by atoms with Crippen molar-refractivity contribution < 1.29 is 14.2 Å². The van der Waals surface area contributed by atoms with Gasteiger partial charge in [-0.2, -0.15) is 0 Å². The zero-order valence-electron chi connectivity index (χ0n) is 12.6. The molecule has 0 saturated heterocycles. The summed E-state index contributed by atoms with van der Waals surface area (Å²) in [6.07, 6.45) is 0.305. The number of benzene rings is 2. The minimum Gasteiger partial charge on any atom is -0.457 e. The fourth-order valence-electron chi connectivity index (χ4n) is 2.17. The molecule has 0 fully saturated rings. The van der Waals surface area contributed by atoms with E-state index in [2.05, 4.69) is 13.8 Å². The maximum Gasteiger partial charge on any atom is 0.133 e. The zero-order chi connectivity index (χ0) is 15.4. The highest BCUT2D eigenvalue weighted by atomic mass is 19.1. The third-order valence-electron chi connectivity index (χ3n) is 3.71. The van der Waals surface area contributed by atoms with Gasteiger partial charge in [0.05, 0.1) is 6.10 Å². The van der Waals surface area contributed by atoms with E-state index < -0.39 is 6.10 Å². The Kier molecular flexibility index (Phi) is 4.97. The highest BCUT2D eigenvalue weighted by Gasteiger charge is 2.12. The van der Waals surface area contributed by atoms with Crippen LogP contribution in [-0.2, 0) is 0 Å². The molecule has 0 bridgehead atoms. The predicted molar refractivity (Wildman–Crippen MR) is 82.3 cm³/mol. The zero-order valence-corrected chi connectivity index (χ0v) is 12.6. The Bertz CT molecular complexity index is 591. The van der Waals surface area contributed by atoms with Gasteiger partial charge in [-0.1, -0.05) is 26.0 Å². The summed E-state index contributed by atoms with van der Waals surface area (Å²) in [7, 11) is 0. The summed E-state index contributed by atoms with van der Waals surface area (Å²) in [6, 6.07) is 12.0. The molecule has 0 amide bonds. The first-order chi connectivity index (χ1) is 10.0. The quantitative estimate of drug-likeness (QED) is 0.821. The smallest absolute Gasteiger partial charge is 0.133 e. The number of aliphatic hydroxyl groups is 1. The Morgan fingerprint density at radius 1 is 1.10 bits per heavy atom. The Labute approximate surface area is 125 Å². The lowest BCUT2D eigenvalue weighted by Gasteiger charge is -2.14. The van der Waals surface area contributed by atoms with Crippen LogP contribution >= 0.6 is 0 Å². The highest BCUT2D eigenvalue weighted by molar-refractivity contribution is 5.40. The Balaban J connectivity index is 2.22. The summed E-state index contributed by atoms with van der Waals surface area (Å²) in [5, 5.41) is 9.71. The first-order valence-electron chi connectivity index (χ1n) is 7.26. The van der Waals surface area contributed by atoms with E-state index in [1.54, 1.807) is 13.0 Å². The minimum absolute atomic E-state index is 0.384. The van der Waals surface area contributed by atoms with Crippen molar-refractivity contribution in [2.75, 3.05) is 0 Å². The van der Waals surface area contributed by atoms with Gasteiger partial charge in [-0.05, 0) is 55.2 Å². The molecule has 0 saturated carbocycles. The molecule has 112 valence electrons. The predicted octanol–water partition coefficient (Wildman–Crippen LogP) is 5.18. The molecule has 2 rings (SSSR count). The standard InChI is InChI=1S/C18H21FO2/c1-4-12(2)14-5-8-16(9-6-14)21-18-10-7-15(19)11-17(18)13(3)20/h5-13,20H,4H2,1-3H3/t12?,13-/m1/s1. The Morgan fingerprint density at radius 3 is 2.33 bits per heavy atom. The number of ether oxygens (including phenoxy) is 1. The van der Waals surface area contributed by atoms with Crippen molar-refractivity contribution in [1.29, 1.82) is 0 Å². The number of hydrogen-bond donors (Lipinski definition) is 1. The monoisotopic (exact) mass is 288 g/mol. The van der Waals surface area contributed by atoms with Gasteiger partial charge in [-0.3, -0.25) is 0 Å². The van der Waals surface area contributed by atoms with E-state index in [0.29, 0.717) is 23.0 Å². The first kappa shape index (κ1) is 15.5. The van der Waals surface area contributed by atoms with E-state index in [-0.39, 0.29) is 5.82 Å². The van der Waals surface area contributed by atoms with Crippen LogP contribution in [0.25, 0.3) is 0 Å². The average molecular weight is 288 g/mol. The number of aliphatic hydroxyl groups excluding tert-OH is 1. The summed E-state index contributed by atoms with van der Waals surface area (Å²) in [5.41, 5.74) is 1.71. The molecule has 1 N–H and O–H groups in total. The second-order valence-electron chi connectivity index (χ2n) is 5.34. The second-order valence-corrected chi connectivity index (χ2v) is 5.34. The molecule has 0 heterocycles. The third kappa shape index (κ3) is 3.82. The molecule has 0 aliphatic heterocycles. The number of hydrogen-bond acceptors (Lipinski definition) is 2. The SMILES string of the molecule is CCC(C)c1ccc(Oc2ccc(F)cc2[C@@H](C)O)cc1. The van der Waals surface area contributed by atoms with Gasteiger partial charge in [-0.15, -0.1) is 0 Å². The van der Waals surface area contributed by atoms with Crippen LogP contribution in [0.5, 0.6) is 11.5 Å². The molecule has 0 spiro atoms. The summed E-state index contributed by atoms with van der Waals surface area (Å²) >= 11 is 0. The first-order valence-corrected chi connectivity index (χ1v) is 7.26. The van der Waals surface area contributed by atoms with Crippen LogP contribution in [0.1, 0.15) is 50.3 Å². The van der Waals surface area contributed by atoms with Crippen molar-refractivity contribution in [1.82, 2.24) is 0 Å². The van der Waals surface area contributed by atoms with Gasteiger partial charge in [0.2, 0.25) is 0 Å². The van der Waals surface area contributed by atoms with Crippen molar-refractivity contribution in [3.63, 3.8) is 0 Å². The van der Waals surface area contributed by atoms with E-state index in [1.807, 2.05) is 24.3 Å². The molecule has 0 radical (unpaired) electrons. The van der Waals surface area contributed by atoms with E-state index >= 15 is 0 Å². The van der Waals surface area contributed by atoms with Crippen molar-refractivity contribution in [3.8, 4) is 11.5 Å². The Morgan fingerprint density at radius 2 is 1.76 bits per heavy atom. The van der Waals surface area contributed by atoms with Crippen LogP contribution in [0.3, 0.4) is 0 Å².